The van der Waals surface area contributed by atoms with Gasteiger partial charge < -0.3 is 10.4 Å². The van der Waals surface area contributed by atoms with Crippen LogP contribution in [0.25, 0.3) is 0 Å². The molecule has 5 heteroatoms. The molecule has 1 saturated carbocycles. The Morgan fingerprint density at radius 1 is 1.18 bits per heavy atom. The molecule has 2 aliphatic rings. The van der Waals surface area contributed by atoms with Crippen LogP contribution in [0.5, 0.6) is 0 Å². The zero-order chi connectivity index (χ0) is 15.5. The van der Waals surface area contributed by atoms with Gasteiger partial charge in [0, 0.05) is 16.8 Å². The average molecular weight is 340 g/mol. The van der Waals surface area contributed by atoms with E-state index in [9.17, 15) is 9.90 Å². The highest BCUT2D eigenvalue weighted by Gasteiger charge is 2.40. The van der Waals surface area contributed by atoms with E-state index in [-0.39, 0.29) is 11.3 Å². The van der Waals surface area contributed by atoms with Crippen LogP contribution >= 0.6 is 23.1 Å². The van der Waals surface area contributed by atoms with Crippen LogP contribution in [0.4, 0.5) is 0 Å². The first-order valence-corrected chi connectivity index (χ1v) is 10.3. The summed E-state index contributed by atoms with van der Waals surface area (Å²) in [7, 11) is 0. The number of thioether (sulfide) groups is 1. The van der Waals surface area contributed by atoms with Gasteiger partial charge in [-0.05, 0) is 48.6 Å². The van der Waals surface area contributed by atoms with Crippen molar-refractivity contribution in [1.29, 1.82) is 0 Å². The van der Waals surface area contributed by atoms with E-state index in [0.717, 1.165) is 24.3 Å². The monoisotopic (exact) mass is 339 g/mol. The van der Waals surface area contributed by atoms with Gasteiger partial charge in [0.2, 0.25) is 0 Å². The molecule has 3 nitrogen and oxygen atoms in total. The third-order valence-electron chi connectivity index (χ3n) is 5.18. The number of nitrogens with one attached hydrogen (secondary N) is 1. The second-order valence-electron chi connectivity index (χ2n) is 6.64. The zero-order valence-electron chi connectivity index (χ0n) is 13.0. The first kappa shape index (κ1) is 16.3. The summed E-state index contributed by atoms with van der Waals surface area (Å²) in [5.41, 5.74) is -1.06. The van der Waals surface area contributed by atoms with Crippen LogP contribution in [0, 0.1) is 0 Å². The SMILES string of the molecule is O=C(NCC1(c2cccs2)CCCCC1)C1(O)CCSCC1. The van der Waals surface area contributed by atoms with E-state index < -0.39 is 5.60 Å². The van der Waals surface area contributed by atoms with Gasteiger partial charge in [-0.15, -0.1) is 11.3 Å². The summed E-state index contributed by atoms with van der Waals surface area (Å²) in [4.78, 5) is 13.9. The molecule has 1 aromatic heterocycles. The van der Waals surface area contributed by atoms with Crippen LogP contribution in [0.2, 0.25) is 0 Å². The second-order valence-corrected chi connectivity index (χ2v) is 8.82. The highest BCUT2D eigenvalue weighted by atomic mass is 32.2. The quantitative estimate of drug-likeness (QED) is 0.885. The summed E-state index contributed by atoms with van der Waals surface area (Å²) in [6.45, 7) is 0.668. The molecule has 0 radical (unpaired) electrons. The number of amides is 1. The van der Waals surface area contributed by atoms with Crippen molar-refractivity contribution in [2.75, 3.05) is 18.1 Å². The summed E-state index contributed by atoms with van der Waals surface area (Å²) in [5.74, 6) is 1.59. The van der Waals surface area contributed by atoms with Crippen LogP contribution < -0.4 is 5.32 Å². The lowest BCUT2D eigenvalue weighted by molar-refractivity contribution is -0.140. The van der Waals surface area contributed by atoms with Gasteiger partial charge in [0.05, 0.1) is 0 Å². The standard InChI is InChI=1S/C17H25NO2S2/c19-15(17(20)8-11-21-12-9-17)18-13-16(6-2-1-3-7-16)14-5-4-10-22-14/h4-5,10,20H,1-3,6-9,11-13H2,(H,18,19). The largest absolute Gasteiger partial charge is 0.380 e. The fraction of sp³-hybridized carbons (Fsp3) is 0.706. The van der Waals surface area contributed by atoms with Gasteiger partial charge in [-0.25, -0.2) is 0 Å². The number of carbonyl (C=O) groups is 1. The highest BCUT2D eigenvalue weighted by Crippen LogP contribution is 2.41. The molecule has 1 saturated heterocycles. The lowest BCUT2D eigenvalue weighted by atomic mass is 9.73. The predicted molar refractivity (Wildman–Crippen MR) is 93.6 cm³/mol. The van der Waals surface area contributed by atoms with E-state index in [1.54, 1.807) is 11.3 Å². The number of thiophene rings is 1. The van der Waals surface area contributed by atoms with Crippen molar-refractivity contribution in [2.24, 2.45) is 0 Å². The third kappa shape index (κ3) is 3.36. The van der Waals surface area contributed by atoms with E-state index in [4.69, 9.17) is 0 Å². The lowest BCUT2D eigenvalue weighted by Crippen LogP contribution is -2.52. The summed E-state index contributed by atoms with van der Waals surface area (Å²) < 4.78 is 0. The lowest BCUT2D eigenvalue weighted by Gasteiger charge is -2.38. The van der Waals surface area contributed by atoms with Gasteiger partial charge in [-0.3, -0.25) is 4.79 Å². The Balaban J connectivity index is 1.68. The molecular formula is C17H25NO2S2. The van der Waals surface area contributed by atoms with Crippen molar-refractivity contribution in [1.82, 2.24) is 5.32 Å². The van der Waals surface area contributed by atoms with Gasteiger partial charge in [-0.2, -0.15) is 11.8 Å². The predicted octanol–water partition coefficient (Wildman–Crippen LogP) is 3.32. The number of carbonyl (C=O) groups excluding carboxylic acids is 1. The Morgan fingerprint density at radius 3 is 2.55 bits per heavy atom. The van der Waals surface area contributed by atoms with Crippen molar-refractivity contribution in [2.45, 2.75) is 56.0 Å². The fourth-order valence-corrected chi connectivity index (χ4v) is 5.82. The van der Waals surface area contributed by atoms with E-state index >= 15 is 0 Å². The van der Waals surface area contributed by atoms with Gasteiger partial charge in [0.15, 0.2) is 0 Å². The molecule has 0 bridgehead atoms. The average Bonchev–Trinajstić information content (AvgIpc) is 3.09. The highest BCUT2D eigenvalue weighted by molar-refractivity contribution is 7.99. The first-order valence-electron chi connectivity index (χ1n) is 8.27. The molecule has 1 aliphatic heterocycles. The van der Waals surface area contributed by atoms with Crippen molar-refractivity contribution < 1.29 is 9.90 Å². The smallest absolute Gasteiger partial charge is 0.252 e. The van der Waals surface area contributed by atoms with Gasteiger partial charge in [-0.1, -0.05) is 25.3 Å². The second kappa shape index (κ2) is 6.93. The molecule has 122 valence electrons. The molecular weight excluding hydrogens is 314 g/mol. The Labute approximate surface area is 140 Å². The van der Waals surface area contributed by atoms with Gasteiger partial charge >= 0.3 is 0 Å². The maximum atomic E-state index is 12.5. The number of rotatable bonds is 4. The molecule has 0 aromatic carbocycles. The van der Waals surface area contributed by atoms with Crippen molar-refractivity contribution in [3.63, 3.8) is 0 Å². The van der Waals surface area contributed by atoms with Crippen LogP contribution in [0.15, 0.2) is 17.5 Å². The minimum absolute atomic E-state index is 0.0852. The van der Waals surface area contributed by atoms with Crippen molar-refractivity contribution in [3.8, 4) is 0 Å². The van der Waals surface area contributed by atoms with E-state index in [2.05, 4.69) is 22.8 Å². The summed E-state index contributed by atoms with van der Waals surface area (Å²) in [6.07, 6.45) is 7.20. The van der Waals surface area contributed by atoms with E-state index in [1.165, 1.54) is 24.1 Å². The molecule has 0 atom stereocenters. The normalized spacial score (nSPS) is 23.9. The van der Waals surface area contributed by atoms with Crippen molar-refractivity contribution in [3.05, 3.63) is 22.4 Å². The number of hydrogen-bond donors (Lipinski definition) is 2. The number of hydrogen-bond acceptors (Lipinski definition) is 4. The maximum Gasteiger partial charge on any atom is 0.252 e. The van der Waals surface area contributed by atoms with E-state index in [1.807, 2.05) is 11.8 Å². The van der Waals surface area contributed by atoms with E-state index in [0.29, 0.717) is 19.4 Å². The van der Waals surface area contributed by atoms with Crippen LogP contribution in [0.3, 0.4) is 0 Å². The Kier molecular flexibility index (Phi) is 5.15. The molecule has 2 fully saturated rings. The molecule has 22 heavy (non-hydrogen) atoms. The Bertz CT molecular complexity index is 489. The van der Waals surface area contributed by atoms with Crippen LogP contribution in [-0.4, -0.2) is 34.7 Å². The van der Waals surface area contributed by atoms with Crippen molar-refractivity contribution >= 4 is 29.0 Å². The Morgan fingerprint density at radius 2 is 1.91 bits per heavy atom. The fourth-order valence-electron chi connectivity index (χ4n) is 3.67. The minimum atomic E-state index is -1.14. The molecule has 0 spiro atoms. The molecule has 2 heterocycles. The van der Waals surface area contributed by atoms with Gasteiger partial charge in [0.25, 0.3) is 5.91 Å². The number of aliphatic hydroxyl groups is 1. The molecule has 0 unspecified atom stereocenters. The van der Waals surface area contributed by atoms with Crippen LogP contribution in [0.1, 0.15) is 49.8 Å². The molecule has 3 rings (SSSR count). The summed E-state index contributed by atoms with van der Waals surface area (Å²) >= 11 is 3.62. The third-order valence-corrected chi connectivity index (χ3v) is 7.29. The summed E-state index contributed by atoms with van der Waals surface area (Å²) in [6, 6.07) is 4.30. The molecule has 2 N–H and O–H groups in total. The van der Waals surface area contributed by atoms with Crippen LogP contribution in [-0.2, 0) is 10.2 Å². The molecule has 1 amide bonds. The molecule has 1 aromatic rings. The topological polar surface area (TPSA) is 49.3 Å². The molecule has 1 aliphatic carbocycles. The minimum Gasteiger partial charge on any atom is -0.380 e. The first-order chi connectivity index (χ1) is 10.6. The van der Waals surface area contributed by atoms with Gasteiger partial charge in [0.1, 0.15) is 5.60 Å². The Hall–Kier alpha value is -0.520. The zero-order valence-corrected chi connectivity index (χ0v) is 14.6. The summed E-state index contributed by atoms with van der Waals surface area (Å²) in [5, 5.41) is 15.8. The maximum absolute atomic E-state index is 12.5.